The van der Waals surface area contributed by atoms with Crippen molar-refractivity contribution in [3.63, 3.8) is 0 Å². The van der Waals surface area contributed by atoms with Crippen LogP contribution in [0.15, 0.2) is 36.4 Å². The van der Waals surface area contributed by atoms with Crippen LogP contribution in [0.1, 0.15) is 35.1 Å². The van der Waals surface area contributed by atoms with Gasteiger partial charge in [-0.3, -0.25) is 9.59 Å². The highest BCUT2D eigenvalue weighted by Gasteiger charge is 2.07. The molecule has 0 saturated heterocycles. The average molecular weight is 399 g/mol. The monoisotopic (exact) mass is 399 g/mol. The Morgan fingerprint density at radius 1 is 0.966 bits per heavy atom. The number of carboxylic acids is 1. The lowest BCUT2D eigenvalue weighted by Crippen LogP contribution is -2.26. The van der Waals surface area contributed by atoms with Crippen LogP contribution in [-0.4, -0.2) is 36.7 Å². The minimum atomic E-state index is -0.971. The van der Waals surface area contributed by atoms with Gasteiger partial charge in [0.1, 0.15) is 24.7 Å². The second-order valence-electron chi connectivity index (χ2n) is 6.99. The zero-order valence-corrected chi connectivity index (χ0v) is 17.3. The number of hydrogen-bond donors (Lipinski definition) is 2. The standard InChI is InChI=1S/C23H29NO5/c1-16-7-8-17(2)23(18(16)3)29-14-13-28-20-6-4-5-19(15-20)11-12-24-21(25)9-10-22(26)27/h4-8,15H,9-14H2,1-3H3,(H,24,25)(H,26,27). The predicted molar refractivity (Wildman–Crippen MR) is 112 cm³/mol. The molecule has 6 nitrogen and oxygen atoms in total. The average Bonchev–Trinajstić information content (AvgIpc) is 2.69. The van der Waals surface area contributed by atoms with E-state index in [1.165, 1.54) is 5.56 Å². The lowest BCUT2D eigenvalue weighted by atomic mass is 10.1. The van der Waals surface area contributed by atoms with Gasteiger partial charge in [0.15, 0.2) is 0 Å². The molecule has 156 valence electrons. The summed E-state index contributed by atoms with van der Waals surface area (Å²) in [7, 11) is 0. The van der Waals surface area contributed by atoms with E-state index in [9.17, 15) is 9.59 Å². The van der Waals surface area contributed by atoms with Gasteiger partial charge in [0.2, 0.25) is 5.91 Å². The van der Waals surface area contributed by atoms with E-state index in [0.29, 0.717) is 26.2 Å². The van der Waals surface area contributed by atoms with E-state index in [2.05, 4.69) is 31.3 Å². The molecule has 0 radical (unpaired) electrons. The summed E-state index contributed by atoms with van der Waals surface area (Å²) in [5, 5.41) is 11.3. The fraction of sp³-hybridized carbons (Fsp3) is 0.391. The number of rotatable bonds is 11. The van der Waals surface area contributed by atoms with Crippen molar-refractivity contribution >= 4 is 11.9 Å². The molecule has 29 heavy (non-hydrogen) atoms. The molecule has 0 saturated carbocycles. The van der Waals surface area contributed by atoms with Gasteiger partial charge in [0.05, 0.1) is 6.42 Å². The minimum absolute atomic E-state index is 0.00162. The Balaban J connectivity index is 1.75. The Morgan fingerprint density at radius 2 is 1.69 bits per heavy atom. The van der Waals surface area contributed by atoms with Gasteiger partial charge in [-0.15, -0.1) is 0 Å². The van der Waals surface area contributed by atoms with Gasteiger partial charge in [-0.25, -0.2) is 0 Å². The highest BCUT2D eigenvalue weighted by Crippen LogP contribution is 2.25. The molecule has 2 N–H and O–H groups in total. The molecule has 1 amide bonds. The number of carboxylic acid groups (broad SMARTS) is 1. The smallest absolute Gasteiger partial charge is 0.303 e. The van der Waals surface area contributed by atoms with Crippen LogP contribution in [0.3, 0.4) is 0 Å². The first kappa shape index (κ1) is 22.3. The van der Waals surface area contributed by atoms with E-state index in [4.69, 9.17) is 14.6 Å². The van der Waals surface area contributed by atoms with Crippen molar-refractivity contribution in [2.24, 2.45) is 0 Å². The number of nitrogens with one attached hydrogen (secondary N) is 1. The number of ether oxygens (including phenoxy) is 2. The van der Waals surface area contributed by atoms with Crippen molar-refractivity contribution in [2.45, 2.75) is 40.0 Å². The maximum atomic E-state index is 11.6. The summed E-state index contributed by atoms with van der Waals surface area (Å²) in [5.41, 5.74) is 4.50. The molecule has 0 fully saturated rings. The molecule has 0 aliphatic heterocycles. The SMILES string of the molecule is Cc1ccc(C)c(OCCOc2cccc(CCNC(=O)CCC(=O)O)c2)c1C. The molecule has 0 aliphatic carbocycles. The molecule has 0 atom stereocenters. The molecule has 0 unspecified atom stereocenters. The second-order valence-corrected chi connectivity index (χ2v) is 6.99. The van der Waals surface area contributed by atoms with Crippen LogP contribution < -0.4 is 14.8 Å². The Bertz CT molecular complexity index is 847. The number of carbonyl (C=O) groups is 2. The van der Waals surface area contributed by atoms with E-state index in [1.807, 2.05) is 31.2 Å². The first-order valence-corrected chi connectivity index (χ1v) is 9.76. The lowest BCUT2D eigenvalue weighted by molar-refractivity contribution is -0.138. The summed E-state index contributed by atoms with van der Waals surface area (Å²) < 4.78 is 11.7. The fourth-order valence-electron chi connectivity index (χ4n) is 2.90. The van der Waals surface area contributed by atoms with Crippen molar-refractivity contribution in [2.75, 3.05) is 19.8 Å². The summed E-state index contributed by atoms with van der Waals surface area (Å²) in [4.78, 5) is 22.0. The van der Waals surface area contributed by atoms with Gasteiger partial charge >= 0.3 is 5.97 Å². The number of benzene rings is 2. The summed E-state index contributed by atoms with van der Waals surface area (Å²) in [6.45, 7) is 7.50. The maximum absolute atomic E-state index is 11.6. The van der Waals surface area contributed by atoms with Crippen LogP contribution in [0, 0.1) is 20.8 Å². The quantitative estimate of drug-likeness (QED) is 0.564. The third-order valence-corrected chi connectivity index (χ3v) is 4.67. The van der Waals surface area contributed by atoms with Crippen LogP contribution in [0.2, 0.25) is 0 Å². The predicted octanol–water partition coefficient (Wildman–Crippen LogP) is 3.59. The molecule has 2 aromatic rings. The van der Waals surface area contributed by atoms with Crippen molar-refractivity contribution in [1.82, 2.24) is 5.32 Å². The Hall–Kier alpha value is -3.02. The van der Waals surface area contributed by atoms with E-state index >= 15 is 0 Å². The third kappa shape index (κ3) is 7.49. The Labute approximate surface area is 171 Å². The molecule has 6 heteroatoms. The van der Waals surface area contributed by atoms with Crippen LogP contribution in [0.5, 0.6) is 11.5 Å². The fourth-order valence-corrected chi connectivity index (χ4v) is 2.90. The van der Waals surface area contributed by atoms with Crippen LogP contribution in [0.4, 0.5) is 0 Å². The molecular weight excluding hydrogens is 370 g/mol. The Kier molecular flexibility index (Phi) is 8.52. The van der Waals surface area contributed by atoms with E-state index < -0.39 is 5.97 Å². The van der Waals surface area contributed by atoms with Crippen molar-refractivity contribution in [1.29, 1.82) is 0 Å². The van der Waals surface area contributed by atoms with E-state index in [0.717, 1.165) is 28.2 Å². The zero-order valence-electron chi connectivity index (χ0n) is 17.3. The molecule has 0 spiro atoms. The van der Waals surface area contributed by atoms with Gasteiger partial charge < -0.3 is 19.9 Å². The summed E-state index contributed by atoms with van der Waals surface area (Å²) >= 11 is 0. The van der Waals surface area contributed by atoms with Gasteiger partial charge in [-0.2, -0.15) is 0 Å². The van der Waals surface area contributed by atoms with Gasteiger partial charge in [0, 0.05) is 13.0 Å². The highest BCUT2D eigenvalue weighted by molar-refractivity contribution is 5.80. The number of carbonyl (C=O) groups excluding carboxylic acids is 1. The topological polar surface area (TPSA) is 84.9 Å². The molecule has 0 aliphatic rings. The van der Waals surface area contributed by atoms with Crippen molar-refractivity contribution < 1.29 is 24.2 Å². The number of aliphatic carboxylic acids is 1. The van der Waals surface area contributed by atoms with Crippen LogP contribution in [-0.2, 0) is 16.0 Å². The molecule has 2 rings (SSSR count). The number of hydrogen-bond acceptors (Lipinski definition) is 4. The first-order valence-electron chi connectivity index (χ1n) is 9.76. The van der Waals surface area contributed by atoms with Gasteiger partial charge in [-0.1, -0.05) is 24.3 Å². The van der Waals surface area contributed by atoms with E-state index in [1.54, 1.807) is 0 Å². The molecular formula is C23H29NO5. The van der Waals surface area contributed by atoms with Gasteiger partial charge in [-0.05, 0) is 61.6 Å². The number of amides is 1. The molecule has 2 aromatic carbocycles. The molecule has 0 bridgehead atoms. The number of aryl methyl sites for hydroxylation is 2. The normalized spacial score (nSPS) is 10.4. The van der Waals surface area contributed by atoms with Crippen LogP contribution in [0.25, 0.3) is 0 Å². The van der Waals surface area contributed by atoms with Gasteiger partial charge in [0.25, 0.3) is 0 Å². The molecule has 0 heterocycles. The first-order chi connectivity index (χ1) is 13.9. The largest absolute Gasteiger partial charge is 0.490 e. The molecule has 0 aromatic heterocycles. The van der Waals surface area contributed by atoms with Crippen LogP contribution >= 0.6 is 0 Å². The van der Waals surface area contributed by atoms with Crippen molar-refractivity contribution in [3.8, 4) is 11.5 Å². The Morgan fingerprint density at radius 3 is 2.45 bits per heavy atom. The third-order valence-electron chi connectivity index (χ3n) is 4.67. The second kappa shape index (κ2) is 11.1. The minimum Gasteiger partial charge on any atom is -0.490 e. The summed E-state index contributed by atoms with van der Waals surface area (Å²) in [5.74, 6) is 0.447. The summed E-state index contributed by atoms with van der Waals surface area (Å²) in [6.07, 6.45) is 0.491. The lowest BCUT2D eigenvalue weighted by Gasteiger charge is -2.14. The maximum Gasteiger partial charge on any atom is 0.303 e. The summed E-state index contributed by atoms with van der Waals surface area (Å²) in [6, 6.07) is 11.8. The highest BCUT2D eigenvalue weighted by atomic mass is 16.5. The van der Waals surface area contributed by atoms with E-state index in [-0.39, 0.29) is 18.7 Å². The zero-order chi connectivity index (χ0) is 21.2. The van der Waals surface area contributed by atoms with Crippen molar-refractivity contribution in [3.05, 3.63) is 58.7 Å².